The summed E-state index contributed by atoms with van der Waals surface area (Å²) < 4.78 is 79.9. The van der Waals surface area contributed by atoms with Crippen molar-refractivity contribution in [2.45, 2.75) is 43.3 Å². The van der Waals surface area contributed by atoms with Crippen LogP contribution in [-0.2, 0) is 16.2 Å². The summed E-state index contributed by atoms with van der Waals surface area (Å²) in [6.07, 6.45) is -2.27. The third kappa shape index (κ3) is 5.24. The van der Waals surface area contributed by atoms with Crippen molar-refractivity contribution in [3.63, 3.8) is 0 Å². The number of amides is 1. The zero-order valence-corrected chi connectivity index (χ0v) is 17.6. The molecule has 1 amide bonds. The minimum absolute atomic E-state index is 0.101. The van der Waals surface area contributed by atoms with Crippen molar-refractivity contribution in [1.82, 2.24) is 9.62 Å². The van der Waals surface area contributed by atoms with Crippen LogP contribution in [0.4, 0.5) is 17.6 Å². The van der Waals surface area contributed by atoms with Gasteiger partial charge in [-0.05, 0) is 55.7 Å². The molecule has 168 valence electrons. The van der Waals surface area contributed by atoms with Crippen molar-refractivity contribution in [2.75, 3.05) is 13.1 Å². The number of halogens is 4. The van der Waals surface area contributed by atoms with E-state index in [-0.39, 0.29) is 24.2 Å². The SMILES string of the molecule is CC(NC(=O)c1ccc(F)c(S(=O)(=O)N2CCCCC2)c1)c1cccc(C(F)(F)F)c1. The molecule has 2 aromatic carbocycles. The number of nitrogens with one attached hydrogen (secondary N) is 1. The Hall–Kier alpha value is -2.46. The third-order valence-electron chi connectivity index (χ3n) is 5.19. The molecule has 1 aliphatic heterocycles. The van der Waals surface area contributed by atoms with E-state index < -0.39 is 44.4 Å². The molecule has 0 aromatic heterocycles. The predicted octanol–water partition coefficient (Wildman–Crippen LogP) is 4.51. The fourth-order valence-electron chi connectivity index (χ4n) is 3.43. The van der Waals surface area contributed by atoms with Gasteiger partial charge in [0.2, 0.25) is 10.0 Å². The van der Waals surface area contributed by atoms with E-state index in [1.807, 2.05) is 0 Å². The number of alkyl halides is 3. The topological polar surface area (TPSA) is 66.5 Å². The number of hydrogen-bond acceptors (Lipinski definition) is 3. The van der Waals surface area contributed by atoms with E-state index in [0.717, 1.165) is 36.8 Å². The third-order valence-corrected chi connectivity index (χ3v) is 7.10. The maximum absolute atomic E-state index is 14.3. The molecule has 0 aliphatic carbocycles. The Balaban J connectivity index is 1.82. The molecule has 0 bridgehead atoms. The average molecular weight is 458 g/mol. The lowest BCUT2D eigenvalue weighted by atomic mass is 10.0. The second-order valence-electron chi connectivity index (χ2n) is 7.43. The van der Waals surface area contributed by atoms with E-state index in [0.29, 0.717) is 12.8 Å². The van der Waals surface area contributed by atoms with Gasteiger partial charge in [-0.25, -0.2) is 12.8 Å². The molecule has 0 saturated carbocycles. The zero-order valence-electron chi connectivity index (χ0n) is 16.7. The Labute approximate surface area is 178 Å². The van der Waals surface area contributed by atoms with Gasteiger partial charge in [-0.1, -0.05) is 18.6 Å². The van der Waals surface area contributed by atoms with Crippen LogP contribution in [0.1, 0.15) is 53.7 Å². The fraction of sp³-hybridized carbons (Fsp3) is 0.381. The molecule has 1 saturated heterocycles. The Morgan fingerprint density at radius 1 is 1.06 bits per heavy atom. The van der Waals surface area contributed by atoms with Crippen LogP contribution < -0.4 is 5.32 Å². The number of piperidine rings is 1. The number of sulfonamides is 1. The van der Waals surface area contributed by atoms with Gasteiger partial charge in [0.25, 0.3) is 5.91 Å². The average Bonchev–Trinajstić information content (AvgIpc) is 2.74. The van der Waals surface area contributed by atoms with E-state index in [1.54, 1.807) is 0 Å². The summed E-state index contributed by atoms with van der Waals surface area (Å²) in [7, 11) is -4.10. The first-order chi connectivity index (χ1) is 14.5. The highest BCUT2D eigenvalue weighted by molar-refractivity contribution is 7.89. The minimum atomic E-state index is -4.52. The van der Waals surface area contributed by atoms with Gasteiger partial charge in [0.1, 0.15) is 10.7 Å². The Kier molecular flexibility index (Phi) is 6.70. The summed E-state index contributed by atoms with van der Waals surface area (Å²) >= 11 is 0. The van der Waals surface area contributed by atoms with Gasteiger partial charge in [-0.2, -0.15) is 17.5 Å². The molecule has 1 unspecified atom stereocenters. The standard InChI is InChI=1S/C21H22F4N2O3S/c1-14(15-6-5-7-17(12-15)21(23,24)25)26-20(28)16-8-9-18(22)19(13-16)31(29,30)27-10-3-2-4-11-27/h5-9,12-14H,2-4,10-11H2,1H3,(H,26,28). The van der Waals surface area contributed by atoms with E-state index in [2.05, 4.69) is 5.32 Å². The molecule has 1 atom stereocenters. The Morgan fingerprint density at radius 2 is 1.74 bits per heavy atom. The maximum atomic E-state index is 14.3. The normalized spacial score (nSPS) is 16.7. The van der Waals surface area contributed by atoms with Crippen LogP contribution in [0.25, 0.3) is 0 Å². The number of benzene rings is 2. The zero-order chi connectivity index (χ0) is 22.8. The second kappa shape index (κ2) is 8.96. The molecule has 1 fully saturated rings. The molecule has 10 heteroatoms. The Bertz CT molecular complexity index is 1060. The van der Waals surface area contributed by atoms with Gasteiger partial charge in [-0.3, -0.25) is 4.79 Å². The van der Waals surface area contributed by atoms with E-state index in [4.69, 9.17) is 0 Å². The summed E-state index contributed by atoms with van der Waals surface area (Å²) in [4.78, 5) is 12.0. The van der Waals surface area contributed by atoms with Crippen molar-refractivity contribution < 1.29 is 30.8 Å². The molecule has 1 heterocycles. The first-order valence-corrected chi connectivity index (χ1v) is 11.2. The highest BCUT2D eigenvalue weighted by atomic mass is 32.2. The number of carbonyl (C=O) groups is 1. The lowest BCUT2D eigenvalue weighted by molar-refractivity contribution is -0.137. The molecule has 5 nitrogen and oxygen atoms in total. The summed E-state index contributed by atoms with van der Waals surface area (Å²) in [5.74, 6) is -1.69. The Morgan fingerprint density at radius 3 is 2.39 bits per heavy atom. The number of rotatable bonds is 5. The quantitative estimate of drug-likeness (QED) is 0.671. The van der Waals surface area contributed by atoms with Gasteiger partial charge in [0.05, 0.1) is 11.6 Å². The van der Waals surface area contributed by atoms with Crippen LogP contribution in [0.5, 0.6) is 0 Å². The largest absolute Gasteiger partial charge is 0.416 e. The minimum Gasteiger partial charge on any atom is -0.346 e. The van der Waals surface area contributed by atoms with Gasteiger partial charge in [0.15, 0.2) is 0 Å². The lowest BCUT2D eigenvalue weighted by Crippen LogP contribution is -2.36. The summed E-state index contributed by atoms with van der Waals surface area (Å²) in [5.41, 5.74) is -0.718. The fourth-order valence-corrected chi connectivity index (χ4v) is 5.04. The van der Waals surface area contributed by atoms with Crippen LogP contribution in [0.2, 0.25) is 0 Å². The summed E-state index contributed by atoms with van der Waals surface area (Å²) in [5, 5.41) is 2.53. The molecule has 0 spiro atoms. The van der Waals surface area contributed by atoms with Crippen molar-refractivity contribution >= 4 is 15.9 Å². The van der Waals surface area contributed by atoms with Crippen LogP contribution in [0.15, 0.2) is 47.4 Å². The van der Waals surface area contributed by atoms with Gasteiger partial charge in [0, 0.05) is 18.7 Å². The molecular formula is C21H22F4N2O3S. The predicted molar refractivity (Wildman–Crippen MR) is 106 cm³/mol. The molecule has 31 heavy (non-hydrogen) atoms. The summed E-state index contributed by atoms with van der Waals surface area (Å²) in [6.45, 7) is 2.07. The molecule has 2 aromatic rings. The first kappa shape index (κ1) is 23.2. The molecule has 0 radical (unpaired) electrons. The lowest BCUT2D eigenvalue weighted by Gasteiger charge is -2.26. The van der Waals surface area contributed by atoms with Crippen molar-refractivity contribution in [3.8, 4) is 0 Å². The van der Waals surface area contributed by atoms with E-state index in [9.17, 15) is 30.8 Å². The van der Waals surface area contributed by atoms with Crippen LogP contribution in [0, 0.1) is 5.82 Å². The highest BCUT2D eigenvalue weighted by Crippen LogP contribution is 2.31. The molecule has 3 rings (SSSR count). The highest BCUT2D eigenvalue weighted by Gasteiger charge is 2.31. The summed E-state index contributed by atoms with van der Waals surface area (Å²) in [6, 6.07) is 6.76. The van der Waals surface area contributed by atoms with Crippen molar-refractivity contribution in [1.29, 1.82) is 0 Å². The molecular weight excluding hydrogens is 436 g/mol. The van der Waals surface area contributed by atoms with Gasteiger partial charge in [-0.15, -0.1) is 0 Å². The van der Waals surface area contributed by atoms with Crippen molar-refractivity contribution in [2.24, 2.45) is 0 Å². The molecule has 1 aliphatic rings. The second-order valence-corrected chi connectivity index (χ2v) is 9.33. The van der Waals surface area contributed by atoms with Crippen molar-refractivity contribution in [3.05, 3.63) is 65.0 Å². The van der Waals surface area contributed by atoms with Gasteiger partial charge >= 0.3 is 6.18 Å². The van der Waals surface area contributed by atoms with Gasteiger partial charge < -0.3 is 5.32 Å². The first-order valence-electron chi connectivity index (χ1n) is 9.78. The maximum Gasteiger partial charge on any atom is 0.416 e. The molecule has 1 N–H and O–H groups in total. The number of hydrogen-bond donors (Lipinski definition) is 1. The van der Waals surface area contributed by atoms with Crippen LogP contribution in [-0.4, -0.2) is 31.7 Å². The smallest absolute Gasteiger partial charge is 0.346 e. The monoisotopic (exact) mass is 458 g/mol. The number of carbonyl (C=O) groups excluding carboxylic acids is 1. The number of nitrogens with zero attached hydrogens (tertiary/aromatic N) is 1. The van der Waals surface area contributed by atoms with E-state index in [1.165, 1.54) is 23.4 Å². The van der Waals surface area contributed by atoms with Crippen LogP contribution >= 0.6 is 0 Å². The van der Waals surface area contributed by atoms with E-state index >= 15 is 0 Å². The van der Waals surface area contributed by atoms with Crippen LogP contribution in [0.3, 0.4) is 0 Å².